The lowest BCUT2D eigenvalue weighted by atomic mass is 9.95. The van der Waals surface area contributed by atoms with Gasteiger partial charge in [0.1, 0.15) is 0 Å². The van der Waals surface area contributed by atoms with Crippen LogP contribution in [-0.2, 0) is 4.74 Å². The second kappa shape index (κ2) is 10.5. The molecule has 2 atom stereocenters. The average Bonchev–Trinajstić information content (AvgIpc) is 2.93. The second-order valence-corrected chi connectivity index (χ2v) is 8.58. The van der Waals surface area contributed by atoms with Crippen LogP contribution in [0.4, 0.5) is 4.79 Å². The van der Waals surface area contributed by atoms with Gasteiger partial charge in [-0.1, -0.05) is 19.3 Å². The molecule has 154 valence electrons. The highest BCUT2D eigenvalue weighted by Crippen LogP contribution is 2.35. The number of fused-ring (bicyclic) bond motifs is 2. The zero-order valence-corrected chi connectivity index (χ0v) is 17.5. The summed E-state index contributed by atoms with van der Waals surface area (Å²) in [5, 5.41) is 10.7. The van der Waals surface area contributed by atoms with Gasteiger partial charge in [0.05, 0.1) is 0 Å². The number of hydrogen-bond donors (Lipinski definition) is 3. The predicted molar refractivity (Wildman–Crippen MR) is 112 cm³/mol. The molecule has 2 heterocycles. The van der Waals surface area contributed by atoms with Gasteiger partial charge in [-0.25, -0.2) is 4.79 Å². The number of thiocarbonyl (C=S) groups is 1. The molecule has 6 nitrogen and oxygen atoms in total. The van der Waals surface area contributed by atoms with E-state index >= 15 is 0 Å². The summed E-state index contributed by atoms with van der Waals surface area (Å²) in [6, 6.07) is 1.56. The standard InChI is InChI=1S/C20H36N4O2S/c1-2-26-12-6-11-21-20(27)24-17-9-10-18(24)14-16(13-17)23-19(25)22-15-7-4-3-5-8-15/h15-18H,2-14H2,1H3,(H,21,27)(H2,22,23,25). The van der Waals surface area contributed by atoms with E-state index in [2.05, 4.69) is 20.9 Å². The van der Waals surface area contributed by atoms with Crippen LogP contribution >= 0.6 is 12.2 Å². The minimum absolute atomic E-state index is 0.0244. The number of carbonyl (C=O) groups excluding carboxylic acids is 1. The number of ether oxygens (including phenoxy) is 1. The first kappa shape index (κ1) is 20.6. The van der Waals surface area contributed by atoms with Crippen molar-refractivity contribution in [1.29, 1.82) is 0 Å². The molecule has 2 aliphatic heterocycles. The van der Waals surface area contributed by atoms with Gasteiger partial charge in [-0.2, -0.15) is 0 Å². The highest BCUT2D eigenvalue weighted by atomic mass is 32.1. The first-order valence-electron chi connectivity index (χ1n) is 10.9. The summed E-state index contributed by atoms with van der Waals surface area (Å²) in [5.74, 6) is 0. The Morgan fingerprint density at radius 1 is 1.04 bits per heavy atom. The highest BCUT2D eigenvalue weighted by Gasteiger charge is 2.42. The van der Waals surface area contributed by atoms with E-state index in [1.165, 1.54) is 32.1 Å². The Balaban J connectivity index is 1.40. The van der Waals surface area contributed by atoms with Crippen LogP contribution in [0.3, 0.4) is 0 Å². The Labute approximate surface area is 169 Å². The van der Waals surface area contributed by atoms with Crippen molar-refractivity contribution in [2.24, 2.45) is 0 Å². The maximum absolute atomic E-state index is 12.4. The van der Waals surface area contributed by atoms with Crippen molar-refractivity contribution in [2.75, 3.05) is 19.8 Å². The summed E-state index contributed by atoms with van der Waals surface area (Å²) in [6.07, 6.45) is 11.3. The first-order valence-corrected chi connectivity index (χ1v) is 11.3. The van der Waals surface area contributed by atoms with E-state index in [4.69, 9.17) is 17.0 Å². The van der Waals surface area contributed by atoms with Gasteiger partial charge in [0, 0.05) is 43.9 Å². The summed E-state index contributed by atoms with van der Waals surface area (Å²) in [5.41, 5.74) is 0. The molecular weight excluding hydrogens is 360 g/mol. The molecule has 2 unspecified atom stereocenters. The van der Waals surface area contributed by atoms with Crippen LogP contribution < -0.4 is 16.0 Å². The van der Waals surface area contributed by atoms with E-state index in [1.54, 1.807) is 0 Å². The number of piperidine rings is 1. The number of nitrogens with one attached hydrogen (secondary N) is 3. The van der Waals surface area contributed by atoms with Crippen LogP contribution in [0.25, 0.3) is 0 Å². The fourth-order valence-electron chi connectivity index (χ4n) is 4.89. The zero-order chi connectivity index (χ0) is 19.1. The molecule has 0 aromatic heterocycles. The zero-order valence-electron chi connectivity index (χ0n) is 16.7. The molecule has 3 N–H and O–H groups in total. The van der Waals surface area contributed by atoms with E-state index in [9.17, 15) is 4.79 Å². The van der Waals surface area contributed by atoms with Gasteiger partial charge in [0.15, 0.2) is 5.11 Å². The minimum atomic E-state index is 0.0244. The maximum Gasteiger partial charge on any atom is 0.315 e. The molecule has 27 heavy (non-hydrogen) atoms. The van der Waals surface area contributed by atoms with Crippen LogP contribution in [0.15, 0.2) is 0 Å². The maximum atomic E-state index is 12.4. The smallest absolute Gasteiger partial charge is 0.315 e. The number of nitrogens with zero attached hydrogens (tertiary/aromatic N) is 1. The topological polar surface area (TPSA) is 65.6 Å². The SMILES string of the molecule is CCOCCCNC(=S)N1C2CCC1CC(NC(=O)NC1CCCCC1)C2. The van der Waals surface area contributed by atoms with Crippen LogP contribution in [-0.4, -0.2) is 60.0 Å². The van der Waals surface area contributed by atoms with Crippen molar-refractivity contribution in [3.63, 3.8) is 0 Å². The summed E-state index contributed by atoms with van der Waals surface area (Å²) in [4.78, 5) is 14.8. The predicted octanol–water partition coefficient (Wildman–Crippen LogP) is 2.91. The van der Waals surface area contributed by atoms with Crippen LogP contribution in [0.5, 0.6) is 0 Å². The number of carbonyl (C=O) groups is 1. The van der Waals surface area contributed by atoms with Crippen LogP contribution in [0.2, 0.25) is 0 Å². The van der Waals surface area contributed by atoms with Crippen molar-refractivity contribution in [2.45, 2.75) is 95.3 Å². The number of urea groups is 1. The van der Waals surface area contributed by atoms with Crippen molar-refractivity contribution in [3.05, 3.63) is 0 Å². The highest BCUT2D eigenvalue weighted by molar-refractivity contribution is 7.80. The van der Waals surface area contributed by atoms with Gasteiger partial charge in [0.25, 0.3) is 0 Å². The Kier molecular flexibility index (Phi) is 8.00. The largest absolute Gasteiger partial charge is 0.382 e. The molecule has 0 aromatic rings. The van der Waals surface area contributed by atoms with E-state index in [0.717, 1.165) is 57.0 Å². The fraction of sp³-hybridized carbons (Fsp3) is 0.900. The van der Waals surface area contributed by atoms with E-state index < -0.39 is 0 Å². The first-order chi connectivity index (χ1) is 13.2. The van der Waals surface area contributed by atoms with Crippen molar-refractivity contribution in [3.8, 4) is 0 Å². The fourth-order valence-corrected chi connectivity index (χ4v) is 5.29. The lowest BCUT2D eigenvalue weighted by molar-refractivity contribution is 0.145. The number of rotatable bonds is 7. The Morgan fingerprint density at radius 2 is 1.70 bits per heavy atom. The molecule has 1 aliphatic carbocycles. The lowest BCUT2D eigenvalue weighted by Crippen LogP contribution is -2.56. The quantitative estimate of drug-likeness (QED) is 0.456. The summed E-state index contributed by atoms with van der Waals surface area (Å²) in [7, 11) is 0. The summed E-state index contributed by atoms with van der Waals surface area (Å²) >= 11 is 5.66. The van der Waals surface area contributed by atoms with Crippen molar-refractivity contribution < 1.29 is 9.53 Å². The second-order valence-electron chi connectivity index (χ2n) is 8.20. The molecule has 3 aliphatic rings. The summed E-state index contributed by atoms with van der Waals surface area (Å²) in [6.45, 7) is 4.42. The van der Waals surface area contributed by atoms with Gasteiger partial charge in [0.2, 0.25) is 0 Å². The third-order valence-electron chi connectivity index (χ3n) is 6.19. The number of hydrogen-bond acceptors (Lipinski definition) is 3. The van der Waals surface area contributed by atoms with E-state index in [-0.39, 0.29) is 12.1 Å². The van der Waals surface area contributed by atoms with E-state index in [0.29, 0.717) is 18.1 Å². The number of amides is 2. The third-order valence-corrected chi connectivity index (χ3v) is 6.54. The van der Waals surface area contributed by atoms with Gasteiger partial charge >= 0.3 is 6.03 Å². The molecule has 3 fully saturated rings. The average molecular weight is 397 g/mol. The Hall–Kier alpha value is -1.08. The van der Waals surface area contributed by atoms with Gasteiger partial charge in [-0.3, -0.25) is 0 Å². The van der Waals surface area contributed by atoms with Gasteiger partial charge in [-0.15, -0.1) is 0 Å². The van der Waals surface area contributed by atoms with E-state index in [1.807, 2.05) is 6.92 Å². The monoisotopic (exact) mass is 396 g/mol. The Morgan fingerprint density at radius 3 is 2.37 bits per heavy atom. The van der Waals surface area contributed by atoms with Crippen LogP contribution in [0.1, 0.15) is 71.1 Å². The van der Waals surface area contributed by atoms with Gasteiger partial charge in [-0.05, 0) is 64.1 Å². The molecule has 0 spiro atoms. The molecule has 2 saturated heterocycles. The lowest BCUT2D eigenvalue weighted by Gasteiger charge is -2.41. The molecular formula is C20H36N4O2S. The molecule has 0 aromatic carbocycles. The molecule has 2 amide bonds. The normalized spacial score (nSPS) is 28.0. The summed E-state index contributed by atoms with van der Waals surface area (Å²) < 4.78 is 5.38. The van der Waals surface area contributed by atoms with Crippen LogP contribution in [0, 0.1) is 0 Å². The third kappa shape index (κ3) is 5.95. The minimum Gasteiger partial charge on any atom is -0.382 e. The molecule has 0 radical (unpaired) electrons. The molecule has 1 saturated carbocycles. The molecule has 2 bridgehead atoms. The van der Waals surface area contributed by atoms with Crippen molar-refractivity contribution in [1.82, 2.24) is 20.9 Å². The Bertz CT molecular complexity index is 484. The van der Waals surface area contributed by atoms with Crippen molar-refractivity contribution >= 4 is 23.4 Å². The van der Waals surface area contributed by atoms with Gasteiger partial charge < -0.3 is 25.6 Å². The molecule has 7 heteroatoms. The molecule has 3 rings (SSSR count).